The van der Waals surface area contributed by atoms with E-state index in [4.69, 9.17) is 0 Å². The van der Waals surface area contributed by atoms with Crippen molar-refractivity contribution in [2.75, 3.05) is 0 Å². The van der Waals surface area contributed by atoms with Crippen molar-refractivity contribution < 1.29 is 9.18 Å². The molecule has 90 valence electrons. The zero-order chi connectivity index (χ0) is 12.8. The Labute approximate surface area is 103 Å². The van der Waals surface area contributed by atoms with Gasteiger partial charge in [-0.2, -0.15) is 5.10 Å². The molecule has 18 heavy (non-hydrogen) atoms. The van der Waals surface area contributed by atoms with E-state index in [1.165, 1.54) is 24.4 Å². The fourth-order valence-corrected chi connectivity index (χ4v) is 1.32. The fourth-order valence-electron chi connectivity index (χ4n) is 1.32. The van der Waals surface area contributed by atoms with Crippen molar-refractivity contribution in [3.8, 4) is 0 Å². The first kappa shape index (κ1) is 11.9. The number of amides is 1. The molecule has 0 aliphatic carbocycles. The number of nitrogens with one attached hydrogen (secondary N) is 1. The predicted molar refractivity (Wildman–Crippen MR) is 65.7 cm³/mol. The largest absolute Gasteiger partial charge is 0.274 e. The molecular weight excluding hydrogens is 233 g/mol. The first-order chi connectivity index (χ1) is 8.77. The van der Waals surface area contributed by atoms with E-state index in [-0.39, 0.29) is 5.56 Å². The zero-order valence-corrected chi connectivity index (χ0v) is 9.38. The van der Waals surface area contributed by atoms with Crippen LogP contribution in [-0.2, 0) is 0 Å². The lowest BCUT2D eigenvalue weighted by atomic mass is 10.2. The van der Waals surface area contributed by atoms with Crippen molar-refractivity contribution in [3.05, 3.63) is 65.7 Å². The van der Waals surface area contributed by atoms with Crippen LogP contribution in [0.5, 0.6) is 0 Å². The van der Waals surface area contributed by atoms with E-state index in [0.717, 1.165) is 5.56 Å². The van der Waals surface area contributed by atoms with Crippen LogP contribution < -0.4 is 5.43 Å². The van der Waals surface area contributed by atoms with Crippen LogP contribution in [0.1, 0.15) is 15.9 Å². The van der Waals surface area contributed by atoms with Crippen molar-refractivity contribution in [1.29, 1.82) is 0 Å². The molecule has 5 heteroatoms. The molecule has 1 amide bonds. The number of carbonyl (C=O) groups is 1. The Morgan fingerprint density at radius 1 is 1.28 bits per heavy atom. The second-order valence-electron chi connectivity index (χ2n) is 3.47. The third kappa shape index (κ3) is 2.98. The number of aromatic nitrogens is 1. The normalized spacial score (nSPS) is 10.5. The molecule has 1 heterocycles. The van der Waals surface area contributed by atoms with Gasteiger partial charge in [-0.1, -0.05) is 18.2 Å². The van der Waals surface area contributed by atoms with Gasteiger partial charge in [0.15, 0.2) is 0 Å². The van der Waals surface area contributed by atoms with Gasteiger partial charge in [-0.25, -0.2) is 9.82 Å². The van der Waals surface area contributed by atoms with E-state index >= 15 is 0 Å². The average molecular weight is 243 g/mol. The van der Waals surface area contributed by atoms with E-state index in [2.05, 4.69) is 15.5 Å². The van der Waals surface area contributed by atoms with Crippen LogP contribution in [0.3, 0.4) is 0 Å². The summed E-state index contributed by atoms with van der Waals surface area (Å²) in [5.41, 5.74) is 2.95. The molecule has 1 aromatic heterocycles. The summed E-state index contributed by atoms with van der Waals surface area (Å²) in [4.78, 5) is 15.5. The Bertz CT molecular complexity index is 569. The topological polar surface area (TPSA) is 54.4 Å². The summed E-state index contributed by atoms with van der Waals surface area (Å²) in [5.74, 6) is -1.17. The van der Waals surface area contributed by atoms with E-state index in [1.807, 2.05) is 0 Å². The number of rotatable bonds is 3. The molecule has 0 aliphatic rings. The lowest BCUT2D eigenvalue weighted by Crippen LogP contribution is -2.18. The third-order valence-electron chi connectivity index (χ3n) is 2.18. The Balaban J connectivity index is 2.01. The molecule has 2 aromatic rings. The van der Waals surface area contributed by atoms with Gasteiger partial charge in [-0.15, -0.1) is 0 Å². The molecule has 0 aliphatic heterocycles. The summed E-state index contributed by atoms with van der Waals surface area (Å²) in [6.45, 7) is 0. The Morgan fingerprint density at radius 3 is 2.83 bits per heavy atom. The first-order valence-corrected chi connectivity index (χ1v) is 5.25. The minimum atomic E-state index is -0.590. The quantitative estimate of drug-likeness (QED) is 0.662. The summed E-state index contributed by atoms with van der Waals surface area (Å²) in [6, 6.07) is 9.25. The smallest absolute Gasteiger partial charge is 0.267 e. The zero-order valence-electron chi connectivity index (χ0n) is 9.38. The minimum absolute atomic E-state index is 0.0409. The molecule has 0 fully saturated rings. The molecule has 0 spiro atoms. The second-order valence-corrected chi connectivity index (χ2v) is 3.47. The number of nitrogens with zero attached hydrogens (tertiary/aromatic N) is 2. The summed E-state index contributed by atoms with van der Waals surface area (Å²) < 4.78 is 13.3. The molecule has 0 saturated heterocycles. The number of hydrazone groups is 1. The van der Waals surface area contributed by atoms with Gasteiger partial charge >= 0.3 is 0 Å². The maximum absolute atomic E-state index is 13.3. The van der Waals surface area contributed by atoms with Gasteiger partial charge in [0.25, 0.3) is 5.91 Å². The fraction of sp³-hybridized carbons (Fsp3) is 0. The molecule has 1 N–H and O–H groups in total. The third-order valence-corrected chi connectivity index (χ3v) is 2.18. The summed E-state index contributed by atoms with van der Waals surface area (Å²) in [7, 11) is 0. The van der Waals surface area contributed by atoms with Gasteiger partial charge in [0, 0.05) is 18.0 Å². The molecule has 0 saturated carbocycles. The number of hydrogen-bond donors (Lipinski definition) is 1. The number of pyridine rings is 1. The van der Waals surface area contributed by atoms with Crippen molar-refractivity contribution in [1.82, 2.24) is 10.4 Å². The molecule has 0 bridgehead atoms. The maximum Gasteiger partial charge on any atom is 0.274 e. The molecule has 2 rings (SSSR count). The lowest BCUT2D eigenvalue weighted by molar-refractivity contribution is 0.0951. The highest BCUT2D eigenvalue weighted by atomic mass is 19.1. The predicted octanol–water partition coefficient (Wildman–Crippen LogP) is 1.98. The van der Waals surface area contributed by atoms with E-state index < -0.39 is 11.7 Å². The maximum atomic E-state index is 13.3. The number of hydrogen-bond acceptors (Lipinski definition) is 3. The first-order valence-electron chi connectivity index (χ1n) is 5.25. The summed E-state index contributed by atoms with van der Waals surface area (Å²) >= 11 is 0. The van der Waals surface area contributed by atoms with Crippen LogP contribution >= 0.6 is 0 Å². The Hall–Kier alpha value is -2.56. The molecule has 0 atom stereocenters. The van der Waals surface area contributed by atoms with E-state index in [0.29, 0.717) is 0 Å². The van der Waals surface area contributed by atoms with Crippen LogP contribution in [0.2, 0.25) is 0 Å². The Kier molecular flexibility index (Phi) is 3.76. The number of benzene rings is 1. The van der Waals surface area contributed by atoms with Gasteiger partial charge in [-0.3, -0.25) is 9.78 Å². The van der Waals surface area contributed by atoms with Gasteiger partial charge < -0.3 is 0 Å². The molecular formula is C13H10FN3O. The minimum Gasteiger partial charge on any atom is -0.267 e. The van der Waals surface area contributed by atoms with Gasteiger partial charge in [-0.05, 0) is 18.2 Å². The van der Waals surface area contributed by atoms with Gasteiger partial charge in [0.1, 0.15) is 5.82 Å². The average Bonchev–Trinajstić information content (AvgIpc) is 2.40. The summed E-state index contributed by atoms with van der Waals surface area (Å²) in [6.07, 6.45) is 4.67. The summed E-state index contributed by atoms with van der Waals surface area (Å²) in [5, 5.41) is 3.73. The standard InChI is InChI=1S/C13H10FN3O/c14-12-6-2-1-5-11(12)13(18)17-16-9-10-4-3-7-15-8-10/h1-9H,(H,17,18)/b16-9+. The highest BCUT2D eigenvalue weighted by Gasteiger charge is 2.08. The highest BCUT2D eigenvalue weighted by Crippen LogP contribution is 2.05. The highest BCUT2D eigenvalue weighted by molar-refractivity contribution is 5.95. The lowest BCUT2D eigenvalue weighted by Gasteiger charge is -2.00. The van der Waals surface area contributed by atoms with Crippen molar-refractivity contribution >= 4 is 12.1 Å². The SMILES string of the molecule is O=C(N/N=C/c1cccnc1)c1ccccc1F. The van der Waals surface area contributed by atoms with Crippen LogP contribution in [0, 0.1) is 5.82 Å². The van der Waals surface area contributed by atoms with Crippen molar-refractivity contribution in [3.63, 3.8) is 0 Å². The van der Waals surface area contributed by atoms with Gasteiger partial charge in [0.2, 0.25) is 0 Å². The Morgan fingerprint density at radius 2 is 2.11 bits per heavy atom. The van der Waals surface area contributed by atoms with Crippen molar-refractivity contribution in [2.45, 2.75) is 0 Å². The van der Waals surface area contributed by atoms with Crippen molar-refractivity contribution in [2.24, 2.45) is 5.10 Å². The molecule has 4 nitrogen and oxygen atoms in total. The van der Waals surface area contributed by atoms with Crippen LogP contribution in [0.25, 0.3) is 0 Å². The molecule has 1 aromatic carbocycles. The monoisotopic (exact) mass is 243 g/mol. The number of carbonyl (C=O) groups excluding carboxylic acids is 1. The van der Waals surface area contributed by atoms with E-state index in [9.17, 15) is 9.18 Å². The molecule has 0 radical (unpaired) electrons. The van der Waals surface area contributed by atoms with Crippen LogP contribution in [0.4, 0.5) is 4.39 Å². The van der Waals surface area contributed by atoms with E-state index in [1.54, 1.807) is 30.6 Å². The van der Waals surface area contributed by atoms with Crippen LogP contribution in [-0.4, -0.2) is 17.1 Å². The van der Waals surface area contributed by atoms with Gasteiger partial charge in [0.05, 0.1) is 11.8 Å². The van der Waals surface area contributed by atoms with Crippen LogP contribution in [0.15, 0.2) is 53.9 Å². The molecule has 0 unspecified atom stereocenters. The number of halogens is 1. The second kappa shape index (κ2) is 5.67.